The summed E-state index contributed by atoms with van der Waals surface area (Å²) < 4.78 is 7.37. The Morgan fingerprint density at radius 3 is 2.94 bits per heavy atom. The van der Waals surface area contributed by atoms with Gasteiger partial charge in [0, 0.05) is 12.7 Å². The number of nitrogens with zero attached hydrogens (tertiary/aromatic N) is 3. The molecule has 2 heterocycles. The van der Waals surface area contributed by atoms with Crippen LogP contribution >= 0.6 is 0 Å². The highest BCUT2D eigenvalue weighted by Crippen LogP contribution is 2.24. The van der Waals surface area contributed by atoms with Gasteiger partial charge < -0.3 is 10.5 Å². The predicted molar refractivity (Wildman–Crippen MR) is 68.0 cm³/mol. The minimum absolute atomic E-state index is 0.0570. The molecule has 94 valence electrons. The van der Waals surface area contributed by atoms with Crippen molar-refractivity contribution in [1.82, 2.24) is 14.8 Å². The molecule has 2 rings (SSSR count). The Kier molecular flexibility index (Phi) is 3.27. The minimum atomic E-state index is -0.0570. The summed E-state index contributed by atoms with van der Waals surface area (Å²) in [6.07, 6.45) is 5.01. The lowest BCUT2D eigenvalue weighted by Crippen LogP contribution is -2.14. The highest BCUT2D eigenvalue weighted by Gasteiger charge is 2.12. The lowest BCUT2D eigenvalue weighted by atomic mass is 10.1. The first-order chi connectivity index (χ1) is 8.61. The van der Waals surface area contributed by atoms with Crippen LogP contribution in [-0.4, -0.2) is 20.6 Å². The summed E-state index contributed by atoms with van der Waals surface area (Å²) in [5.74, 6) is 0.856. The van der Waals surface area contributed by atoms with Crippen molar-refractivity contribution in [3.8, 4) is 11.6 Å². The van der Waals surface area contributed by atoms with E-state index in [1.807, 2.05) is 13.8 Å². The fourth-order valence-electron chi connectivity index (χ4n) is 1.62. The third kappa shape index (κ3) is 2.32. The molecule has 18 heavy (non-hydrogen) atoms. The van der Waals surface area contributed by atoms with Crippen LogP contribution in [0.2, 0.25) is 0 Å². The maximum Gasteiger partial charge on any atom is 0.230 e. The molecule has 0 saturated heterocycles. The number of amidine groups is 1. The summed E-state index contributed by atoms with van der Waals surface area (Å²) in [5, 5.41) is 11.7. The van der Waals surface area contributed by atoms with Gasteiger partial charge in [-0.3, -0.25) is 10.1 Å². The summed E-state index contributed by atoms with van der Waals surface area (Å²) in [6, 6.07) is 1.79. The quantitative estimate of drug-likeness (QED) is 0.633. The van der Waals surface area contributed by atoms with Gasteiger partial charge in [0.2, 0.25) is 5.88 Å². The van der Waals surface area contributed by atoms with Crippen LogP contribution in [0.3, 0.4) is 0 Å². The molecule has 0 aromatic carbocycles. The van der Waals surface area contributed by atoms with Gasteiger partial charge in [0.15, 0.2) is 5.75 Å². The molecule has 0 fully saturated rings. The van der Waals surface area contributed by atoms with Gasteiger partial charge in [-0.05, 0) is 25.5 Å². The number of pyridine rings is 1. The van der Waals surface area contributed by atoms with Crippen molar-refractivity contribution < 1.29 is 4.74 Å². The number of nitrogen functional groups attached to an aromatic ring is 1. The van der Waals surface area contributed by atoms with Crippen molar-refractivity contribution in [1.29, 1.82) is 5.41 Å². The molecular formula is C12H15N5O. The summed E-state index contributed by atoms with van der Waals surface area (Å²) in [7, 11) is 0. The molecule has 0 saturated carbocycles. The van der Waals surface area contributed by atoms with Crippen molar-refractivity contribution >= 4 is 5.84 Å². The molecule has 2 aromatic rings. The Hall–Kier alpha value is -2.37. The Morgan fingerprint density at radius 2 is 2.33 bits per heavy atom. The molecule has 0 amide bonds. The fourth-order valence-corrected chi connectivity index (χ4v) is 1.62. The normalized spacial score (nSPS) is 10.3. The molecule has 6 heteroatoms. The number of ether oxygens (including phenoxy) is 1. The lowest BCUT2D eigenvalue weighted by molar-refractivity contribution is 0.460. The molecule has 0 aliphatic rings. The minimum Gasteiger partial charge on any atom is -0.435 e. The van der Waals surface area contributed by atoms with Crippen LogP contribution in [0, 0.1) is 12.3 Å². The summed E-state index contributed by atoms with van der Waals surface area (Å²) >= 11 is 0. The number of hydrogen-bond donors (Lipinski definition) is 2. The monoisotopic (exact) mass is 245 g/mol. The summed E-state index contributed by atoms with van der Waals surface area (Å²) in [4.78, 5) is 4.11. The highest BCUT2D eigenvalue weighted by molar-refractivity contribution is 5.98. The van der Waals surface area contributed by atoms with E-state index in [-0.39, 0.29) is 5.84 Å². The first-order valence-corrected chi connectivity index (χ1v) is 5.62. The molecule has 3 N–H and O–H groups in total. The first kappa shape index (κ1) is 12.1. The Balaban J connectivity index is 2.34. The first-order valence-electron chi connectivity index (χ1n) is 5.62. The van der Waals surface area contributed by atoms with Crippen molar-refractivity contribution in [3.63, 3.8) is 0 Å². The standard InChI is InChI=1S/C12H15N5O/c1-3-17-7-9(6-16-17)18-12-10(11(13)14)8(2)4-5-15-12/h4-7H,3H2,1-2H3,(H3,13,14). The van der Waals surface area contributed by atoms with Crippen molar-refractivity contribution in [2.24, 2.45) is 5.73 Å². The zero-order valence-electron chi connectivity index (χ0n) is 10.3. The number of rotatable bonds is 4. The second-order valence-electron chi connectivity index (χ2n) is 3.86. The van der Waals surface area contributed by atoms with E-state index in [2.05, 4.69) is 10.1 Å². The van der Waals surface area contributed by atoms with E-state index in [1.165, 1.54) is 0 Å². The van der Waals surface area contributed by atoms with Gasteiger partial charge in [0.05, 0.1) is 18.0 Å². The van der Waals surface area contributed by atoms with Crippen LogP contribution in [0.25, 0.3) is 0 Å². The largest absolute Gasteiger partial charge is 0.435 e. The third-order valence-corrected chi connectivity index (χ3v) is 2.54. The van der Waals surface area contributed by atoms with E-state index >= 15 is 0 Å². The molecular weight excluding hydrogens is 230 g/mol. The summed E-state index contributed by atoms with van der Waals surface area (Å²) in [5.41, 5.74) is 6.92. The molecule has 0 aliphatic heterocycles. The van der Waals surface area contributed by atoms with Crippen LogP contribution in [0.4, 0.5) is 0 Å². The average molecular weight is 245 g/mol. The van der Waals surface area contributed by atoms with Gasteiger partial charge in [-0.2, -0.15) is 5.10 Å². The molecule has 0 radical (unpaired) electrons. The number of aryl methyl sites for hydroxylation is 2. The maximum atomic E-state index is 7.56. The number of nitrogens with one attached hydrogen (secondary N) is 1. The SMILES string of the molecule is CCn1cc(Oc2nccc(C)c2C(=N)N)cn1. The van der Waals surface area contributed by atoms with E-state index in [0.717, 1.165) is 12.1 Å². The topological polar surface area (TPSA) is 89.8 Å². The van der Waals surface area contributed by atoms with Crippen molar-refractivity contribution in [2.75, 3.05) is 0 Å². The van der Waals surface area contributed by atoms with E-state index in [0.29, 0.717) is 17.2 Å². The third-order valence-electron chi connectivity index (χ3n) is 2.54. The number of aromatic nitrogens is 3. The Bertz CT molecular complexity index is 576. The zero-order valence-corrected chi connectivity index (χ0v) is 10.3. The van der Waals surface area contributed by atoms with Crippen LogP contribution in [0.15, 0.2) is 24.7 Å². The van der Waals surface area contributed by atoms with E-state index in [1.54, 1.807) is 29.3 Å². The van der Waals surface area contributed by atoms with E-state index in [9.17, 15) is 0 Å². The number of hydrogen-bond acceptors (Lipinski definition) is 4. The maximum absolute atomic E-state index is 7.56. The molecule has 0 spiro atoms. The second kappa shape index (κ2) is 4.87. The fraction of sp³-hybridized carbons (Fsp3) is 0.250. The Morgan fingerprint density at radius 1 is 1.56 bits per heavy atom. The van der Waals surface area contributed by atoms with Crippen LogP contribution in [0.1, 0.15) is 18.1 Å². The molecule has 0 unspecified atom stereocenters. The second-order valence-corrected chi connectivity index (χ2v) is 3.86. The molecule has 0 bridgehead atoms. The molecule has 0 atom stereocenters. The molecule has 0 aliphatic carbocycles. The predicted octanol–water partition coefficient (Wildman–Crippen LogP) is 1.68. The molecule has 2 aromatic heterocycles. The van der Waals surface area contributed by atoms with Gasteiger partial charge in [-0.1, -0.05) is 0 Å². The molecule has 6 nitrogen and oxygen atoms in total. The smallest absolute Gasteiger partial charge is 0.230 e. The van der Waals surface area contributed by atoms with Crippen molar-refractivity contribution in [3.05, 3.63) is 35.8 Å². The van der Waals surface area contributed by atoms with Gasteiger partial charge in [0.1, 0.15) is 5.84 Å². The van der Waals surface area contributed by atoms with Crippen molar-refractivity contribution in [2.45, 2.75) is 20.4 Å². The van der Waals surface area contributed by atoms with Gasteiger partial charge in [-0.25, -0.2) is 4.98 Å². The van der Waals surface area contributed by atoms with Crippen LogP contribution in [0.5, 0.6) is 11.6 Å². The average Bonchev–Trinajstić information content (AvgIpc) is 2.76. The van der Waals surface area contributed by atoms with E-state index < -0.39 is 0 Å². The summed E-state index contributed by atoms with van der Waals surface area (Å²) in [6.45, 7) is 4.62. The number of nitrogens with two attached hydrogens (primary N) is 1. The van der Waals surface area contributed by atoms with Gasteiger partial charge in [0.25, 0.3) is 0 Å². The van der Waals surface area contributed by atoms with E-state index in [4.69, 9.17) is 15.9 Å². The van der Waals surface area contributed by atoms with Crippen LogP contribution in [-0.2, 0) is 6.54 Å². The lowest BCUT2D eigenvalue weighted by Gasteiger charge is -2.09. The van der Waals surface area contributed by atoms with Crippen LogP contribution < -0.4 is 10.5 Å². The van der Waals surface area contributed by atoms with Gasteiger partial charge >= 0.3 is 0 Å². The zero-order chi connectivity index (χ0) is 13.1. The highest BCUT2D eigenvalue weighted by atomic mass is 16.5. The van der Waals surface area contributed by atoms with Gasteiger partial charge in [-0.15, -0.1) is 0 Å². The Labute approximate surface area is 105 Å².